The number of hydrogen-bond acceptors (Lipinski definition) is 3. The molecule has 1 fully saturated rings. The lowest BCUT2D eigenvalue weighted by Crippen LogP contribution is -2.44. The summed E-state index contributed by atoms with van der Waals surface area (Å²) in [5, 5.41) is 0. The molecule has 6 heteroatoms. The summed E-state index contributed by atoms with van der Waals surface area (Å²) in [6, 6.07) is 10.2. The zero-order valence-electron chi connectivity index (χ0n) is 14.0. The molecule has 0 radical (unpaired) electrons. The Morgan fingerprint density at radius 2 is 2.00 bits per heavy atom. The molecule has 2 rings (SSSR count). The average Bonchev–Trinajstić information content (AvgIpc) is 2.92. The number of amides is 1. The summed E-state index contributed by atoms with van der Waals surface area (Å²) in [7, 11) is 0. The fraction of sp³-hybridized carbons (Fsp3) is 0.588. The van der Waals surface area contributed by atoms with Gasteiger partial charge in [0.15, 0.2) is 0 Å². The van der Waals surface area contributed by atoms with Crippen LogP contribution in [-0.4, -0.2) is 47.9 Å². The normalized spacial score (nSPS) is 18.7. The first-order valence-electron chi connectivity index (χ1n) is 7.90. The molecule has 4 nitrogen and oxygen atoms in total. The standard InChI is InChI=1S/C17H27N3O.2ClH/c1-3-20(17(21)14(2)18)13-16-9-10-19(12-16)11-15-7-5-4-6-8-15;;/h4-8,14,16H,3,9-13,18H2,1-2H3;2*1H/t14-,16?;;/m1../s1. The molecule has 0 bridgehead atoms. The van der Waals surface area contributed by atoms with Crippen molar-refractivity contribution in [2.24, 2.45) is 11.7 Å². The SMILES string of the molecule is CCN(CC1CCN(Cc2ccccc2)C1)C(=O)[C@@H](C)N.Cl.Cl. The van der Waals surface area contributed by atoms with E-state index >= 15 is 0 Å². The number of benzene rings is 1. The van der Waals surface area contributed by atoms with Gasteiger partial charge in [-0.2, -0.15) is 0 Å². The summed E-state index contributed by atoms with van der Waals surface area (Å²) in [5.74, 6) is 0.635. The zero-order chi connectivity index (χ0) is 15.2. The second-order valence-electron chi connectivity index (χ2n) is 6.04. The van der Waals surface area contributed by atoms with Crippen LogP contribution in [0.1, 0.15) is 25.8 Å². The van der Waals surface area contributed by atoms with Crippen molar-refractivity contribution in [2.45, 2.75) is 32.9 Å². The lowest BCUT2D eigenvalue weighted by atomic mass is 10.1. The predicted octanol–water partition coefficient (Wildman–Crippen LogP) is 2.55. The first kappa shape index (κ1) is 22.2. The molecule has 1 unspecified atom stereocenters. The van der Waals surface area contributed by atoms with Gasteiger partial charge < -0.3 is 10.6 Å². The number of rotatable bonds is 6. The lowest BCUT2D eigenvalue weighted by molar-refractivity contribution is -0.132. The van der Waals surface area contributed by atoms with Crippen LogP contribution in [-0.2, 0) is 11.3 Å². The van der Waals surface area contributed by atoms with Crippen molar-refractivity contribution in [3.05, 3.63) is 35.9 Å². The van der Waals surface area contributed by atoms with Crippen LogP contribution in [0.3, 0.4) is 0 Å². The van der Waals surface area contributed by atoms with E-state index in [-0.39, 0.29) is 30.7 Å². The Balaban J connectivity index is 0.00000242. The van der Waals surface area contributed by atoms with Crippen molar-refractivity contribution in [2.75, 3.05) is 26.2 Å². The summed E-state index contributed by atoms with van der Waals surface area (Å²) >= 11 is 0. The largest absolute Gasteiger partial charge is 0.341 e. The highest BCUT2D eigenvalue weighted by molar-refractivity contribution is 5.85. The molecule has 1 aromatic rings. The van der Waals surface area contributed by atoms with Crippen LogP contribution in [0.15, 0.2) is 30.3 Å². The van der Waals surface area contributed by atoms with Crippen LogP contribution < -0.4 is 5.73 Å². The van der Waals surface area contributed by atoms with Gasteiger partial charge in [-0.05, 0) is 38.3 Å². The molecule has 1 aromatic carbocycles. The summed E-state index contributed by atoms with van der Waals surface area (Å²) < 4.78 is 0. The Morgan fingerprint density at radius 3 is 2.57 bits per heavy atom. The summed E-state index contributed by atoms with van der Waals surface area (Å²) in [4.78, 5) is 16.4. The van der Waals surface area contributed by atoms with Crippen molar-refractivity contribution >= 4 is 30.7 Å². The molecule has 1 heterocycles. The van der Waals surface area contributed by atoms with Crippen LogP contribution in [0.25, 0.3) is 0 Å². The first-order valence-corrected chi connectivity index (χ1v) is 7.90. The third kappa shape index (κ3) is 6.68. The van der Waals surface area contributed by atoms with E-state index in [0.29, 0.717) is 5.92 Å². The molecule has 132 valence electrons. The van der Waals surface area contributed by atoms with Crippen molar-refractivity contribution < 1.29 is 4.79 Å². The maximum Gasteiger partial charge on any atom is 0.239 e. The second-order valence-corrected chi connectivity index (χ2v) is 6.04. The van der Waals surface area contributed by atoms with Crippen LogP contribution in [0.4, 0.5) is 0 Å². The molecule has 0 aliphatic carbocycles. The number of carbonyl (C=O) groups excluding carboxylic acids is 1. The van der Waals surface area contributed by atoms with Gasteiger partial charge >= 0.3 is 0 Å². The Hall–Kier alpha value is -0.810. The highest BCUT2D eigenvalue weighted by Crippen LogP contribution is 2.20. The fourth-order valence-corrected chi connectivity index (χ4v) is 3.02. The van der Waals surface area contributed by atoms with Crippen LogP contribution in [0, 0.1) is 5.92 Å². The van der Waals surface area contributed by atoms with Crippen LogP contribution >= 0.6 is 24.8 Å². The quantitative estimate of drug-likeness (QED) is 0.846. The molecular weight excluding hydrogens is 333 g/mol. The monoisotopic (exact) mass is 361 g/mol. The van der Waals surface area contributed by atoms with Crippen LogP contribution in [0.2, 0.25) is 0 Å². The number of likely N-dealkylation sites (N-methyl/N-ethyl adjacent to an activating group) is 1. The van der Waals surface area contributed by atoms with Crippen molar-refractivity contribution in [1.82, 2.24) is 9.80 Å². The smallest absolute Gasteiger partial charge is 0.239 e. The Morgan fingerprint density at radius 1 is 1.35 bits per heavy atom. The van der Waals surface area contributed by atoms with Gasteiger partial charge in [0.2, 0.25) is 5.91 Å². The Bertz CT molecular complexity index is 456. The number of halogens is 2. The number of likely N-dealkylation sites (tertiary alicyclic amines) is 1. The van der Waals surface area contributed by atoms with Gasteiger partial charge in [-0.15, -0.1) is 24.8 Å². The van der Waals surface area contributed by atoms with Crippen molar-refractivity contribution in [3.8, 4) is 0 Å². The van der Waals surface area contributed by atoms with Gasteiger partial charge in [-0.25, -0.2) is 0 Å². The fourth-order valence-electron chi connectivity index (χ4n) is 3.02. The van der Waals surface area contributed by atoms with E-state index in [1.165, 1.54) is 5.56 Å². The molecule has 0 saturated carbocycles. The van der Waals surface area contributed by atoms with E-state index in [0.717, 1.165) is 39.1 Å². The summed E-state index contributed by atoms with van der Waals surface area (Å²) in [5.41, 5.74) is 7.07. The highest BCUT2D eigenvalue weighted by Gasteiger charge is 2.26. The molecule has 1 aliphatic heterocycles. The zero-order valence-corrected chi connectivity index (χ0v) is 15.6. The minimum absolute atomic E-state index is 0. The van der Waals surface area contributed by atoms with Crippen LogP contribution in [0.5, 0.6) is 0 Å². The number of nitrogens with zero attached hydrogens (tertiary/aromatic N) is 2. The topological polar surface area (TPSA) is 49.6 Å². The molecule has 23 heavy (non-hydrogen) atoms. The van der Waals surface area contributed by atoms with Crippen molar-refractivity contribution in [1.29, 1.82) is 0 Å². The molecule has 0 spiro atoms. The minimum Gasteiger partial charge on any atom is -0.341 e. The van der Waals surface area contributed by atoms with Gasteiger partial charge in [0.25, 0.3) is 0 Å². The van der Waals surface area contributed by atoms with Crippen molar-refractivity contribution in [3.63, 3.8) is 0 Å². The van der Waals surface area contributed by atoms with E-state index in [1.54, 1.807) is 6.92 Å². The molecule has 1 aliphatic rings. The molecule has 0 aromatic heterocycles. The highest BCUT2D eigenvalue weighted by atomic mass is 35.5. The first-order chi connectivity index (χ1) is 10.1. The van der Waals surface area contributed by atoms with E-state index in [4.69, 9.17) is 5.73 Å². The maximum atomic E-state index is 12.0. The lowest BCUT2D eigenvalue weighted by Gasteiger charge is -2.26. The summed E-state index contributed by atoms with van der Waals surface area (Å²) in [6.45, 7) is 8.56. The molecular formula is C17H29Cl2N3O. The Labute approximate surface area is 152 Å². The van der Waals surface area contributed by atoms with Gasteiger partial charge in [-0.1, -0.05) is 30.3 Å². The third-order valence-electron chi connectivity index (χ3n) is 4.18. The van der Waals surface area contributed by atoms with E-state index < -0.39 is 6.04 Å². The van der Waals surface area contributed by atoms with Gasteiger partial charge in [0, 0.05) is 26.2 Å². The van der Waals surface area contributed by atoms with Gasteiger partial charge in [0.1, 0.15) is 0 Å². The summed E-state index contributed by atoms with van der Waals surface area (Å²) in [6.07, 6.45) is 1.16. The molecule has 2 atom stereocenters. The average molecular weight is 362 g/mol. The van der Waals surface area contributed by atoms with Gasteiger partial charge in [-0.3, -0.25) is 9.69 Å². The van der Waals surface area contributed by atoms with E-state index in [2.05, 4.69) is 35.2 Å². The van der Waals surface area contributed by atoms with E-state index in [9.17, 15) is 4.79 Å². The molecule has 2 N–H and O–H groups in total. The van der Waals surface area contributed by atoms with E-state index in [1.807, 2.05) is 11.8 Å². The maximum absolute atomic E-state index is 12.0. The number of carbonyl (C=O) groups is 1. The second kappa shape index (κ2) is 10.9. The number of hydrogen-bond donors (Lipinski definition) is 1. The molecule has 1 saturated heterocycles. The number of nitrogens with two attached hydrogens (primary N) is 1. The Kier molecular flexibility index (Phi) is 10.5. The predicted molar refractivity (Wildman–Crippen MR) is 100 cm³/mol. The third-order valence-corrected chi connectivity index (χ3v) is 4.18. The minimum atomic E-state index is -0.397. The van der Waals surface area contributed by atoms with Gasteiger partial charge in [0.05, 0.1) is 6.04 Å². The molecule has 1 amide bonds.